The molecule has 0 spiro atoms. The van der Waals surface area contributed by atoms with Crippen molar-refractivity contribution in [1.82, 2.24) is 0 Å². The van der Waals surface area contributed by atoms with Gasteiger partial charge < -0.3 is 5.11 Å². The number of hydrogen-bond donors (Lipinski definition) is 1. The monoisotopic (exact) mass is 305 g/mol. The zero-order valence-corrected chi connectivity index (χ0v) is 13.6. The van der Waals surface area contributed by atoms with Crippen molar-refractivity contribution in [2.45, 2.75) is 77.0 Å². The van der Waals surface area contributed by atoms with E-state index in [-0.39, 0.29) is 6.67 Å². The number of carboxylic acid groups (broad SMARTS) is 1. The summed E-state index contributed by atoms with van der Waals surface area (Å²) in [5.74, 6) is 1.63. The predicted molar refractivity (Wildman–Crippen MR) is 86.3 cm³/mol. The lowest BCUT2D eigenvalue weighted by Gasteiger charge is -2.03. The molecule has 0 saturated carbocycles. The molecule has 0 saturated heterocycles. The molecular formula is C16H31FO2S. The molecule has 0 radical (unpaired) electrons. The van der Waals surface area contributed by atoms with Crippen LogP contribution in [-0.2, 0) is 4.79 Å². The maximum Gasteiger partial charge on any atom is 0.303 e. The number of carbonyl (C=O) groups is 1. The molecule has 0 unspecified atom stereocenters. The second-order valence-corrected chi connectivity index (χ2v) is 6.56. The molecule has 0 aliphatic carbocycles. The average Bonchev–Trinajstić information content (AvgIpc) is 2.43. The largest absolute Gasteiger partial charge is 0.481 e. The van der Waals surface area contributed by atoms with Crippen LogP contribution in [0.1, 0.15) is 77.0 Å². The maximum atomic E-state index is 11.8. The van der Waals surface area contributed by atoms with Gasteiger partial charge in [0.05, 0.1) is 6.67 Å². The Kier molecular flexibility index (Phi) is 16.6. The summed E-state index contributed by atoms with van der Waals surface area (Å²) in [6.45, 7) is -0.159. The molecule has 0 aliphatic rings. The van der Waals surface area contributed by atoms with Crippen LogP contribution >= 0.6 is 11.8 Å². The number of thioether (sulfide) groups is 1. The highest BCUT2D eigenvalue weighted by atomic mass is 32.2. The Morgan fingerprint density at radius 2 is 1.20 bits per heavy atom. The highest BCUT2D eigenvalue weighted by Crippen LogP contribution is 2.13. The molecule has 0 heterocycles. The molecule has 0 aromatic rings. The number of carboxylic acids is 1. The minimum atomic E-state index is -0.681. The van der Waals surface area contributed by atoms with Crippen LogP contribution in [-0.4, -0.2) is 29.3 Å². The molecule has 0 aliphatic heterocycles. The molecule has 0 amide bonds. The van der Waals surface area contributed by atoms with Crippen molar-refractivity contribution in [3.8, 4) is 0 Å². The molecule has 0 bridgehead atoms. The van der Waals surface area contributed by atoms with Crippen molar-refractivity contribution >= 4 is 17.7 Å². The molecule has 0 aromatic heterocycles. The van der Waals surface area contributed by atoms with Gasteiger partial charge in [-0.2, -0.15) is 11.8 Å². The fraction of sp³-hybridized carbons (Fsp3) is 0.938. The Morgan fingerprint density at radius 3 is 1.70 bits per heavy atom. The lowest BCUT2D eigenvalue weighted by atomic mass is 10.1. The molecule has 4 heteroatoms. The Morgan fingerprint density at radius 1 is 0.750 bits per heavy atom. The Balaban J connectivity index is 2.94. The number of rotatable bonds is 16. The molecular weight excluding hydrogens is 274 g/mol. The van der Waals surface area contributed by atoms with Crippen molar-refractivity contribution < 1.29 is 14.3 Å². The summed E-state index contributed by atoms with van der Waals surface area (Å²) in [6.07, 6.45) is 12.9. The van der Waals surface area contributed by atoms with E-state index in [0.717, 1.165) is 31.4 Å². The van der Waals surface area contributed by atoms with Gasteiger partial charge in [-0.05, 0) is 37.2 Å². The third-order valence-electron chi connectivity index (χ3n) is 3.35. The first kappa shape index (κ1) is 19.8. The van der Waals surface area contributed by atoms with Crippen LogP contribution in [0.15, 0.2) is 0 Å². The van der Waals surface area contributed by atoms with E-state index in [2.05, 4.69) is 0 Å². The minimum absolute atomic E-state index is 0.159. The topological polar surface area (TPSA) is 37.3 Å². The SMILES string of the molecule is O=C(O)CCCCSCCCCCCCCCCC[18F]. The Labute approximate surface area is 127 Å². The first-order valence-corrected chi connectivity index (χ1v) is 9.28. The van der Waals surface area contributed by atoms with Crippen molar-refractivity contribution in [3.63, 3.8) is 0 Å². The van der Waals surface area contributed by atoms with Crippen LogP contribution in [0.5, 0.6) is 0 Å². The number of alkyl halides is 1. The van der Waals surface area contributed by atoms with Crippen molar-refractivity contribution in [3.05, 3.63) is 0 Å². The van der Waals surface area contributed by atoms with E-state index in [1.54, 1.807) is 0 Å². The third-order valence-corrected chi connectivity index (χ3v) is 4.51. The zero-order valence-electron chi connectivity index (χ0n) is 12.7. The van der Waals surface area contributed by atoms with Gasteiger partial charge in [0.15, 0.2) is 0 Å². The normalized spacial score (nSPS) is 10.8. The Bertz CT molecular complexity index is 213. The summed E-state index contributed by atoms with van der Waals surface area (Å²) in [5, 5.41) is 8.49. The summed E-state index contributed by atoms with van der Waals surface area (Å²) < 4.78 is 11.8. The second kappa shape index (κ2) is 16.8. The number of unbranched alkanes of at least 4 members (excludes halogenated alkanes) is 9. The van der Waals surface area contributed by atoms with Crippen LogP contribution in [0.3, 0.4) is 0 Å². The van der Waals surface area contributed by atoms with Crippen molar-refractivity contribution in [2.24, 2.45) is 0 Å². The van der Waals surface area contributed by atoms with Crippen LogP contribution in [0.25, 0.3) is 0 Å². The van der Waals surface area contributed by atoms with Gasteiger partial charge in [-0.3, -0.25) is 9.18 Å². The number of hydrogen-bond acceptors (Lipinski definition) is 2. The predicted octanol–water partition coefficient (Wildman–Crippen LogP) is 5.45. The van der Waals surface area contributed by atoms with Gasteiger partial charge in [0, 0.05) is 6.42 Å². The molecule has 0 aromatic carbocycles. The van der Waals surface area contributed by atoms with Crippen LogP contribution < -0.4 is 0 Å². The molecule has 0 atom stereocenters. The summed E-state index contributed by atoms with van der Waals surface area (Å²) in [4.78, 5) is 10.3. The van der Waals surface area contributed by atoms with Gasteiger partial charge >= 0.3 is 5.97 Å². The van der Waals surface area contributed by atoms with E-state index in [0.29, 0.717) is 6.42 Å². The summed E-state index contributed by atoms with van der Waals surface area (Å²) in [5.41, 5.74) is 0. The summed E-state index contributed by atoms with van der Waals surface area (Å²) in [7, 11) is 0. The standard InChI is InChI=1S/C16H31FO2S/c17-13-9-6-4-2-1-3-5-7-10-14-20-15-11-8-12-16(18)19/h1-15H2,(H,18,19)/i17-1. The van der Waals surface area contributed by atoms with Gasteiger partial charge in [0.25, 0.3) is 0 Å². The van der Waals surface area contributed by atoms with Crippen LogP contribution in [0.2, 0.25) is 0 Å². The lowest BCUT2D eigenvalue weighted by molar-refractivity contribution is -0.137. The molecule has 20 heavy (non-hydrogen) atoms. The van der Waals surface area contributed by atoms with Crippen molar-refractivity contribution in [2.75, 3.05) is 18.2 Å². The Hall–Kier alpha value is -0.250. The van der Waals surface area contributed by atoms with E-state index >= 15 is 0 Å². The number of halogens is 1. The van der Waals surface area contributed by atoms with E-state index in [1.807, 2.05) is 11.8 Å². The van der Waals surface area contributed by atoms with E-state index < -0.39 is 5.97 Å². The van der Waals surface area contributed by atoms with Crippen molar-refractivity contribution in [1.29, 1.82) is 0 Å². The maximum absolute atomic E-state index is 11.8. The van der Waals surface area contributed by atoms with Gasteiger partial charge in [0.1, 0.15) is 0 Å². The van der Waals surface area contributed by atoms with Crippen LogP contribution in [0, 0.1) is 0 Å². The summed E-state index contributed by atoms with van der Waals surface area (Å²) in [6, 6.07) is 0. The fourth-order valence-corrected chi connectivity index (χ4v) is 3.14. The molecule has 0 rings (SSSR count). The summed E-state index contributed by atoms with van der Waals surface area (Å²) >= 11 is 1.95. The molecule has 0 fully saturated rings. The first-order chi connectivity index (χ1) is 9.77. The zero-order chi connectivity index (χ0) is 14.9. The van der Waals surface area contributed by atoms with Crippen LogP contribution in [0.4, 0.5) is 4.39 Å². The van der Waals surface area contributed by atoms with Gasteiger partial charge in [-0.1, -0.05) is 44.9 Å². The quantitative estimate of drug-likeness (QED) is 0.385. The fourth-order valence-electron chi connectivity index (χ4n) is 2.12. The highest BCUT2D eigenvalue weighted by molar-refractivity contribution is 7.99. The second-order valence-electron chi connectivity index (χ2n) is 5.33. The third kappa shape index (κ3) is 17.8. The average molecular weight is 305 g/mol. The molecule has 120 valence electrons. The number of aliphatic carboxylic acids is 1. The molecule has 1 N–H and O–H groups in total. The van der Waals surface area contributed by atoms with E-state index in [4.69, 9.17) is 5.11 Å². The highest BCUT2D eigenvalue weighted by Gasteiger charge is 1.97. The first-order valence-electron chi connectivity index (χ1n) is 8.13. The smallest absolute Gasteiger partial charge is 0.303 e. The van der Waals surface area contributed by atoms with Gasteiger partial charge in [0.2, 0.25) is 0 Å². The van der Waals surface area contributed by atoms with Gasteiger partial charge in [-0.25, -0.2) is 0 Å². The van der Waals surface area contributed by atoms with Gasteiger partial charge in [-0.15, -0.1) is 0 Å². The van der Waals surface area contributed by atoms with E-state index in [9.17, 15) is 9.18 Å². The van der Waals surface area contributed by atoms with E-state index in [1.165, 1.54) is 50.7 Å². The minimum Gasteiger partial charge on any atom is -0.481 e. The molecule has 2 nitrogen and oxygen atoms in total. The lowest BCUT2D eigenvalue weighted by Crippen LogP contribution is -1.94.